The number of hydrogen-bond acceptors (Lipinski definition) is 12. The lowest BCUT2D eigenvalue weighted by atomic mass is 9.89. The Bertz CT molecular complexity index is 1610. The molecule has 0 fully saturated rings. The van der Waals surface area contributed by atoms with Crippen molar-refractivity contribution in [3.05, 3.63) is 53.5 Å². The molecule has 5 N–H and O–H groups in total. The molecule has 0 bridgehead atoms. The van der Waals surface area contributed by atoms with Crippen LogP contribution in [0.2, 0.25) is 0 Å². The quantitative estimate of drug-likeness (QED) is 0.119. The summed E-state index contributed by atoms with van der Waals surface area (Å²) < 4.78 is 38.3. The van der Waals surface area contributed by atoms with E-state index in [1.807, 2.05) is 32.0 Å². The normalized spacial score (nSPS) is 17.6. The molecular formula is C32H45N6O8P. The molecule has 15 heteroatoms. The third-order valence-electron chi connectivity index (χ3n) is 8.70. The number of aliphatic hydroxyl groups excluding tert-OH is 2. The van der Waals surface area contributed by atoms with Crippen LogP contribution < -0.4 is 15.3 Å². The number of carbonyl (C=O) groups is 1. The highest BCUT2D eigenvalue weighted by atomic mass is 31.2. The van der Waals surface area contributed by atoms with Gasteiger partial charge in [-0.05, 0) is 74.3 Å². The summed E-state index contributed by atoms with van der Waals surface area (Å²) in [6.45, 7) is 5.39. The Hall–Kier alpha value is -3.57. The third-order valence-corrected chi connectivity index (χ3v) is 10.4. The van der Waals surface area contributed by atoms with E-state index in [4.69, 9.17) is 24.3 Å². The number of ether oxygens (including phenoxy) is 2. The molecule has 2 aromatic heterocycles. The monoisotopic (exact) mass is 672 g/mol. The van der Waals surface area contributed by atoms with Crippen LogP contribution in [0.15, 0.2) is 36.7 Å². The third kappa shape index (κ3) is 8.12. The maximum atomic E-state index is 14.2. The largest absolute Gasteiger partial charge is 0.464 e. The lowest BCUT2D eigenvalue weighted by Crippen LogP contribution is -2.48. The minimum absolute atomic E-state index is 0.115. The van der Waals surface area contributed by atoms with E-state index in [2.05, 4.69) is 15.2 Å². The maximum absolute atomic E-state index is 14.2. The van der Waals surface area contributed by atoms with Crippen LogP contribution in [0.4, 0.5) is 5.82 Å². The van der Waals surface area contributed by atoms with Gasteiger partial charge in [0.15, 0.2) is 5.82 Å². The highest BCUT2D eigenvalue weighted by Crippen LogP contribution is 2.47. The SMILES string of the molecule is CCC(CC)COC(=O)[C@H](C)NP(=O)(OCC[C@@H](O)[C@@H](O)C(C#N)(OC)c1ccc2c(N)ncnn12)Oc1cccc2c1CCCC2. The number of nitrogen functional groups attached to an aromatic ring is 1. The van der Waals surface area contributed by atoms with Crippen molar-refractivity contribution in [2.45, 2.75) is 89.6 Å². The molecule has 0 spiro atoms. The molecule has 2 heterocycles. The fraction of sp³-hybridized carbons (Fsp3) is 0.562. The van der Waals surface area contributed by atoms with Gasteiger partial charge >= 0.3 is 13.7 Å². The molecule has 2 unspecified atom stereocenters. The molecule has 0 saturated heterocycles. The summed E-state index contributed by atoms with van der Waals surface area (Å²) in [5.41, 5.74) is 6.37. The molecule has 1 aliphatic carbocycles. The van der Waals surface area contributed by atoms with Gasteiger partial charge in [0.05, 0.1) is 25.0 Å². The number of methoxy groups -OCH3 is 1. The molecule has 0 aliphatic heterocycles. The average molecular weight is 673 g/mol. The summed E-state index contributed by atoms with van der Waals surface area (Å²) in [5, 5.41) is 39.4. The minimum Gasteiger partial charge on any atom is -0.464 e. The van der Waals surface area contributed by atoms with E-state index in [-0.39, 0.29) is 37.1 Å². The van der Waals surface area contributed by atoms with Crippen molar-refractivity contribution in [1.29, 1.82) is 5.26 Å². The Labute approximate surface area is 274 Å². The van der Waals surface area contributed by atoms with E-state index in [9.17, 15) is 24.8 Å². The Morgan fingerprint density at radius 1 is 1.21 bits per heavy atom. The number of nitrogens with zero attached hydrogens (tertiary/aromatic N) is 4. The molecule has 0 amide bonds. The van der Waals surface area contributed by atoms with Crippen LogP contribution in [-0.2, 0) is 41.8 Å². The number of fused-ring (bicyclic) bond motifs is 2. The second kappa shape index (κ2) is 16.0. The molecule has 1 aromatic carbocycles. The summed E-state index contributed by atoms with van der Waals surface area (Å²) in [4.78, 5) is 16.8. The molecule has 4 rings (SSSR count). The second-order valence-electron chi connectivity index (χ2n) is 11.7. The molecule has 0 saturated carbocycles. The predicted molar refractivity (Wildman–Crippen MR) is 173 cm³/mol. The fourth-order valence-corrected chi connectivity index (χ4v) is 7.23. The van der Waals surface area contributed by atoms with Gasteiger partial charge in [-0.2, -0.15) is 15.4 Å². The predicted octanol–water partition coefficient (Wildman–Crippen LogP) is 3.83. The van der Waals surface area contributed by atoms with E-state index in [0.717, 1.165) is 49.7 Å². The van der Waals surface area contributed by atoms with Crippen LogP contribution in [0.25, 0.3) is 5.52 Å². The highest BCUT2D eigenvalue weighted by molar-refractivity contribution is 7.52. The molecule has 47 heavy (non-hydrogen) atoms. The molecule has 3 aromatic rings. The van der Waals surface area contributed by atoms with Crippen LogP contribution in [0.3, 0.4) is 0 Å². The lowest BCUT2D eigenvalue weighted by molar-refractivity contribution is -0.146. The van der Waals surface area contributed by atoms with Gasteiger partial charge in [-0.1, -0.05) is 38.8 Å². The molecular weight excluding hydrogens is 627 g/mol. The van der Waals surface area contributed by atoms with Crippen molar-refractivity contribution in [1.82, 2.24) is 19.7 Å². The molecule has 256 valence electrons. The number of aliphatic hydroxyl groups is 2. The minimum atomic E-state index is -4.26. The van der Waals surface area contributed by atoms with Crippen LogP contribution >= 0.6 is 7.75 Å². The smallest absolute Gasteiger partial charge is 0.459 e. The number of hydrogen-bond donors (Lipinski definition) is 4. The van der Waals surface area contributed by atoms with Gasteiger partial charge in [0.25, 0.3) is 0 Å². The highest BCUT2D eigenvalue weighted by Gasteiger charge is 2.47. The van der Waals surface area contributed by atoms with Crippen molar-refractivity contribution in [2.24, 2.45) is 5.92 Å². The summed E-state index contributed by atoms with van der Waals surface area (Å²) in [6, 6.07) is 9.48. The zero-order valence-corrected chi connectivity index (χ0v) is 28.2. The van der Waals surface area contributed by atoms with Gasteiger partial charge in [0.2, 0.25) is 5.60 Å². The van der Waals surface area contributed by atoms with Gasteiger partial charge < -0.3 is 29.9 Å². The van der Waals surface area contributed by atoms with E-state index < -0.39 is 37.6 Å². The maximum Gasteiger partial charge on any atom is 0.459 e. The van der Waals surface area contributed by atoms with Gasteiger partial charge in [-0.3, -0.25) is 9.32 Å². The standard InChI is InChI=1S/C32H45N6O8P/c1-5-22(6-2)18-44-31(41)21(3)37-47(42,46-27-13-9-11-23-10-7-8-12-24(23)27)45-17-16-26(39)29(40)32(19-33,43-4)28-15-14-25-30(34)35-20-36-38(25)28/h9,11,13-15,20-22,26,29,39-40H,5-8,10,12,16-18H2,1-4H3,(H,37,42)(H2,34,35,36)/t21-,26+,29+,32?,47?/m0/s1. The molecule has 5 atom stereocenters. The molecule has 0 radical (unpaired) electrons. The number of aromatic nitrogens is 3. The number of nitrogens with two attached hydrogens (primary N) is 1. The van der Waals surface area contributed by atoms with E-state index in [0.29, 0.717) is 11.3 Å². The van der Waals surface area contributed by atoms with Crippen LogP contribution in [0.5, 0.6) is 5.75 Å². The van der Waals surface area contributed by atoms with Gasteiger partial charge in [0.1, 0.15) is 35.8 Å². The summed E-state index contributed by atoms with van der Waals surface area (Å²) >= 11 is 0. The first-order chi connectivity index (χ1) is 22.5. The first kappa shape index (κ1) is 36.3. The fourth-order valence-electron chi connectivity index (χ4n) is 5.69. The first-order valence-corrected chi connectivity index (χ1v) is 17.5. The van der Waals surface area contributed by atoms with Crippen LogP contribution in [0, 0.1) is 17.2 Å². The second-order valence-corrected chi connectivity index (χ2v) is 13.4. The Morgan fingerprint density at radius 2 is 1.96 bits per heavy atom. The summed E-state index contributed by atoms with van der Waals surface area (Å²) in [7, 11) is -3.04. The number of benzene rings is 1. The van der Waals surface area contributed by atoms with Crippen LogP contribution in [0.1, 0.15) is 69.7 Å². The van der Waals surface area contributed by atoms with Crippen molar-refractivity contribution in [2.75, 3.05) is 26.1 Å². The number of esters is 1. The van der Waals surface area contributed by atoms with E-state index in [1.54, 1.807) is 12.1 Å². The number of nitrogens with one attached hydrogen (secondary N) is 1. The lowest BCUT2D eigenvalue weighted by Gasteiger charge is -2.33. The number of nitriles is 1. The number of aryl methyl sites for hydroxylation is 1. The van der Waals surface area contributed by atoms with E-state index in [1.165, 1.54) is 30.9 Å². The summed E-state index contributed by atoms with van der Waals surface area (Å²) in [5.74, 6) is 0.115. The number of rotatable bonds is 17. The Kier molecular flexibility index (Phi) is 12.4. The van der Waals surface area contributed by atoms with Gasteiger partial charge in [-0.15, -0.1) is 0 Å². The van der Waals surface area contributed by atoms with Crippen molar-refractivity contribution in [3.63, 3.8) is 0 Å². The Balaban J connectivity index is 1.52. The zero-order chi connectivity index (χ0) is 34.2. The van der Waals surface area contributed by atoms with E-state index >= 15 is 0 Å². The first-order valence-electron chi connectivity index (χ1n) is 15.9. The zero-order valence-electron chi connectivity index (χ0n) is 27.3. The number of carbonyl (C=O) groups excluding carboxylic acids is 1. The van der Waals surface area contributed by atoms with Crippen molar-refractivity contribution < 1.29 is 38.1 Å². The molecule has 14 nitrogen and oxygen atoms in total. The van der Waals surface area contributed by atoms with Crippen molar-refractivity contribution in [3.8, 4) is 11.8 Å². The Morgan fingerprint density at radius 3 is 2.66 bits per heavy atom. The van der Waals surface area contributed by atoms with Gasteiger partial charge in [-0.25, -0.2) is 14.1 Å². The van der Waals surface area contributed by atoms with Gasteiger partial charge in [0, 0.05) is 7.11 Å². The topological polar surface area (TPSA) is 204 Å². The average Bonchev–Trinajstić information content (AvgIpc) is 3.52. The van der Waals surface area contributed by atoms with Crippen LogP contribution in [-0.4, -0.2) is 69.4 Å². The molecule has 1 aliphatic rings. The van der Waals surface area contributed by atoms with Crippen molar-refractivity contribution >= 4 is 25.1 Å². The number of anilines is 1. The summed E-state index contributed by atoms with van der Waals surface area (Å²) in [6.07, 6.45) is 2.79.